The molecule has 4 nitrogen and oxygen atoms in total. The Kier molecular flexibility index (Phi) is 8.59. The smallest absolute Gasteiger partial charge is 0.0991 e. The lowest BCUT2D eigenvalue weighted by molar-refractivity contribution is 0.281. The highest BCUT2D eigenvalue weighted by atomic mass is 35.5. The van der Waals surface area contributed by atoms with Crippen LogP contribution in [0.1, 0.15) is 55.0 Å². The molecule has 1 heterocycles. The van der Waals surface area contributed by atoms with Gasteiger partial charge in [0, 0.05) is 29.4 Å². The van der Waals surface area contributed by atoms with Gasteiger partial charge in [-0.25, -0.2) is 0 Å². The Morgan fingerprint density at radius 1 is 0.868 bits per heavy atom. The summed E-state index contributed by atoms with van der Waals surface area (Å²) in [7, 11) is 0. The number of halogens is 1. The molecule has 0 aliphatic carbocycles. The van der Waals surface area contributed by atoms with Crippen molar-refractivity contribution in [3.05, 3.63) is 125 Å². The summed E-state index contributed by atoms with van der Waals surface area (Å²) in [6.45, 7) is 6.11. The van der Waals surface area contributed by atoms with E-state index in [1.54, 1.807) is 12.4 Å². The lowest BCUT2D eigenvalue weighted by Gasteiger charge is -2.36. The Bertz CT molecular complexity index is 1450. The van der Waals surface area contributed by atoms with Gasteiger partial charge in [0.15, 0.2) is 0 Å². The lowest BCUT2D eigenvalue weighted by atomic mass is 9.79. The average Bonchev–Trinajstić information content (AvgIpc) is 2.96. The van der Waals surface area contributed by atoms with E-state index < -0.39 is 5.41 Å². The van der Waals surface area contributed by atoms with Crippen LogP contribution in [0.5, 0.6) is 0 Å². The molecule has 4 rings (SSSR count). The summed E-state index contributed by atoms with van der Waals surface area (Å²) in [6.07, 6.45) is 4.34. The van der Waals surface area contributed by atoms with Gasteiger partial charge in [0.2, 0.25) is 0 Å². The Morgan fingerprint density at radius 3 is 2.24 bits per heavy atom. The van der Waals surface area contributed by atoms with E-state index in [1.165, 1.54) is 0 Å². The van der Waals surface area contributed by atoms with Crippen LogP contribution in [-0.2, 0) is 6.42 Å². The van der Waals surface area contributed by atoms with E-state index in [2.05, 4.69) is 53.6 Å². The fourth-order valence-corrected chi connectivity index (χ4v) is 5.03. The van der Waals surface area contributed by atoms with Crippen LogP contribution in [-0.4, -0.2) is 11.0 Å². The molecule has 190 valence electrons. The minimum absolute atomic E-state index is 0.0122. The molecule has 0 amide bonds. The quantitative estimate of drug-likeness (QED) is 0.244. The predicted octanol–water partition coefficient (Wildman–Crippen LogP) is 7.87. The SMILES string of the molecule is C[C@H](NC(c1cccc(-c2ccncc2)c1)C(C)(C)C#N)[C@@H](Cc1ccc(Cl)cc1)c1cccc(C#N)c1. The summed E-state index contributed by atoms with van der Waals surface area (Å²) < 4.78 is 0. The highest BCUT2D eigenvalue weighted by Crippen LogP contribution is 2.37. The van der Waals surface area contributed by atoms with E-state index in [0.29, 0.717) is 10.6 Å². The second kappa shape index (κ2) is 12.1. The zero-order chi connectivity index (χ0) is 27.1. The van der Waals surface area contributed by atoms with Crippen molar-refractivity contribution < 1.29 is 0 Å². The first-order valence-corrected chi connectivity index (χ1v) is 13.1. The number of pyridine rings is 1. The van der Waals surface area contributed by atoms with Crippen LogP contribution < -0.4 is 5.32 Å². The van der Waals surface area contributed by atoms with Crippen LogP contribution in [0.4, 0.5) is 0 Å². The molecule has 1 unspecified atom stereocenters. The van der Waals surface area contributed by atoms with Gasteiger partial charge in [0.1, 0.15) is 0 Å². The summed E-state index contributed by atoms with van der Waals surface area (Å²) in [6, 6.07) is 32.6. The third-order valence-electron chi connectivity index (χ3n) is 7.09. The highest BCUT2D eigenvalue weighted by Gasteiger charge is 2.34. The first-order valence-electron chi connectivity index (χ1n) is 12.7. The minimum Gasteiger partial charge on any atom is -0.305 e. The molecule has 3 aromatic carbocycles. The minimum atomic E-state index is -0.676. The number of nitriles is 2. The van der Waals surface area contributed by atoms with Crippen LogP contribution in [0.25, 0.3) is 11.1 Å². The molecule has 0 bridgehead atoms. The molecule has 0 spiro atoms. The Morgan fingerprint density at radius 2 is 1.55 bits per heavy atom. The predicted molar refractivity (Wildman–Crippen MR) is 153 cm³/mol. The Balaban J connectivity index is 1.71. The summed E-state index contributed by atoms with van der Waals surface area (Å²) >= 11 is 6.14. The summed E-state index contributed by atoms with van der Waals surface area (Å²) in [5.41, 5.74) is 5.41. The number of nitrogens with one attached hydrogen (secondary N) is 1. The molecule has 0 aliphatic heterocycles. The number of hydrogen-bond acceptors (Lipinski definition) is 4. The van der Waals surface area contributed by atoms with Crippen LogP contribution >= 0.6 is 11.6 Å². The van der Waals surface area contributed by atoms with Crippen molar-refractivity contribution in [1.82, 2.24) is 10.3 Å². The molecule has 1 N–H and O–H groups in total. The normalized spacial score (nSPS) is 13.6. The standard InChI is InChI=1S/C33H31ClN4/c1-23(31(19-24-10-12-30(34)13-11-24)28-8-4-6-25(18-28)21-35)38-32(33(2,3)22-36)29-9-5-7-27(20-29)26-14-16-37-17-15-26/h4-18,20,23,31-32,38H,19H2,1-3H3/t23-,31+,32?/m0/s1. The maximum absolute atomic E-state index is 10.2. The maximum atomic E-state index is 10.2. The van der Waals surface area contributed by atoms with Crippen molar-refractivity contribution in [2.75, 3.05) is 0 Å². The Labute approximate surface area is 230 Å². The van der Waals surface area contributed by atoms with E-state index in [9.17, 15) is 10.5 Å². The van der Waals surface area contributed by atoms with Gasteiger partial charge < -0.3 is 5.32 Å². The van der Waals surface area contributed by atoms with Crippen molar-refractivity contribution in [3.8, 4) is 23.3 Å². The van der Waals surface area contributed by atoms with Crippen LogP contribution in [0, 0.1) is 28.1 Å². The van der Waals surface area contributed by atoms with Gasteiger partial charge in [0.05, 0.1) is 29.2 Å². The van der Waals surface area contributed by atoms with Crippen molar-refractivity contribution in [3.63, 3.8) is 0 Å². The first kappa shape index (κ1) is 27.1. The second-order valence-corrected chi connectivity index (χ2v) is 10.7. The Hall–Kier alpha value is -3.96. The van der Waals surface area contributed by atoms with E-state index in [0.717, 1.165) is 34.2 Å². The molecule has 1 aromatic heterocycles. The van der Waals surface area contributed by atoms with Gasteiger partial charge in [-0.15, -0.1) is 0 Å². The largest absolute Gasteiger partial charge is 0.305 e. The average molecular weight is 519 g/mol. The summed E-state index contributed by atoms with van der Waals surface area (Å²) in [5.74, 6) is 0.0600. The lowest BCUT2D eigenvalue weighted by Crippen LogP contribution is -2.42. The van der Waals surface area contributed by atoms with Gasteiger partial charge in [-0.1, -0.05) is 54.1 Å². The molecule has 0 aliphatic rings. The molecular formula is C33H31ClN4. The third kappa shape index (κ3) is 6.48. The van der Waals surface area contributed by atoms with E-state index in [-0.39, 0.29) is 18.0 Å². The fraction of sp³-hybridized carbons (Fsp3) is 0.242. The van der Waals surface area contributed by atoms with Gasteiger partial charge in [-0.2, -0.15) is 10.5 Å². The second-order valence-electron chi connectivity index (χ2n) is 10.3. The first-order chi connectivity index (χ1) is 18.3. The molecule has 0 saturated heterocycles. The maximum Gasteiger partial charge on any atom is 0.0991 e. The van der Waals surface area contributed by atoms with Gasteiger partial charge in [-0.05, 0) is 97.5 Å². The number of hydrogen-bond donors (Lipinski definition) is 1. The monoisotopic (exact) mass is 518 g/mol. The van der Waals surface area contributed by atoms with Crippen molar-refractivity contribution >= 4 is 11.6 Å². The van der Waals surface area contributed by atoms with Crippen LogP contribution in [0.3, 0.4) is 0 Å². The molecular weight excluding hydrogens is 488 g/mol. The van der Waals surface area contributed by atoms with E-state index in [1.807, 2.05) is 74.5 Å². The van der Waals surface area contributed by atoms with E-state index in [4.69, 9.17) is 11.6 Å². The number of aromatic nitrogens is 1. The van der Waals surface area contributed by atoms with Crippen molar-refractivity contribution in [2.45, 2.75) is 45.2 Å². The summed E-state index contributed by atoms with van der Waals surface area (Å²) in [4.78, 5) is 4.14. The zero-order valence-corrected chi connectivity index (χ0v) is 22.7. The van der Waals surface area contributed by atoms with Gasteiger partial charge in [-0.3, -0.25) is 4.98 Å². The van der Waals surface area contributed by atoms with Crippen LogP contribution in [0.15, 0.2) is 97.3 Å². The van der Waals surface area contributed by atoms with Crippen molar-refractivity contribution in [1.29, 1.82) is 10.5 Å². The van der Waals surface area contributed by atoms with Crippen LogP contribution in [0.2, 0.25) is 5.02 Å². The van der Waals surface area contributed by atoms with Crippen molar-refractivity contribution in [2.24, 2.45) is 5.41 Å². The number of benzene rings is 3. The van der Waals surface area contributed by atoms with Gasteiger partial charge in [0.25, 0.3) is 0 Å². The number of rotatable bonds is 9. The number of nitrogens with zero attached hydrogens (tertiary/aromatic N) is 3. The van der Waals surface area contributed by atoms with Gasteiger partial charge >= 0.3 is 0 Å². The topological polar surface area (TPSA) is 72.5 Å². The molecule has 4 aromatic rings. The highest BCUT2D eigenvalue weighted by molar-refractivity contribution is 6.30. The molecule has 38 heavy (non-hydrogen) atoms. The third-order valence-corrected chi connectivity index (χ3v) is 7.34. The summed E-state index contributed by atoms with van der Waals surface area (Å²) in [5, 5.41) is 24.2. The molecule has 0 radical (unpaired) electrons. The fourth-order valence-electron chi connectivity index (χ4n) is 4.90. The van der Waals surface area contributed by atoms with E-state index >= 15 is 0 Å². The molecule has 3 atom stereocenters. The molecule has 0 saturated carbocycles. The molecule has 5 heteroatoms. The molecule has 0 fully saturated rings. The zero-order valence-electron chi connectivity index (χ0n) is 21.9.